The van der Waals surface area contributed by atoms with Crippen molar-refractivity contribution in [2.45, 2.75) is 30.7 Å². The first kappa shape index (κ1) is 15.4. The van der Waals surface area contributed by atoms with Crippen LogP contribution in [0.25, 0.3) is 0 Å². The van der Waals surface area contributed by atoms with E-state index in [-0.39, 0.29) is 11.6 Å². The molecule has 1 amide bonds. The first-order valence-corrected chi connectivity index (χ1v) is 7.91. The fourth-order valence-electron chi connectivity index (χ4n) is 1.85. The Labute approximate surface area is 120 Å². The predicted octanol–water partition coefficient (Wildman–Crippen LogP) is 0.885. The van der Waals surface area contributed by atoms with E-state index >= 15 is 0 Å². The fraction of sp³-hybridized carbons (Fsp3) is 0.385. The SMILES string of the molecule is Cc1c(F)cc(C(=O)O)cc1S(=O)(=O)CC(=O)NC1CC1. The van der Waals surface area contributed by atoms with Gasteiger partial charge in [-0.15, -0.1) is 0 Å². The molecule has 114 valence electrons. The van der Waals surface area contributed by atoms with Crippen LogP contribution in [0, 0.1) is 12.7 Å². The van der Waals surface area contributed by atoms with E-state index in [1.54, 1.807) is 0 Å². The van der Waals surface area contributed by atoms with E-state index in [1.165, 1.54) is 6.92 Å². The largest absolute Gasteiger partial charge is 0.478 e. The lowest BCUT2D eigenvalue weighted by Gasteiger charge is -2.10. The highest BCUT2D eigenvalue weighted by Crippen LogP contribution is 2.23. The van der Waals surface area contributed by atoms with Crippen LogP contribution in [0.15, 0.2) is 17.0 Å². The second-order valence-electron chi connectivity index (χ2n) is 4.99. The van der Waals surface area contributed by atoms with Crippen LogP contribution in [0.2, 0.25) is 0 Å². The normalized spacial score (nSPS) is 14.8. The summed E-state index contributed by atoms with van der Waals surface area (Å²) >= 11 is 0. The van der Waals surface area contributed by atoms with Gasteiger partial charge in [-0.3, -0.25) is 4.79 Å². The third kappa shape index (κ3) is 3.57. The Morgan fingerprint density at radius 2 is 2.00 bits per heavy atom. The molecule has 1 aromatic carbocycles. The molecular formula is C13H14FNO5S. The minimum atomic E-state index is -4.10. The number of hydrogen-bond acceptors (Lipinski definition) is 4. The fourth-order valence-corrected chi connectivity index (χ4v) is 3.30. The van der Waals surface area contributed by atoms with Gasteiger partial charge in [-0.2, -0.15) is 0 Å². The molecule has 0 bridgehead atoms. The number of aromatic carboxylic acids is 1. The molecule has 1 aliphatic rings. The summed E-state index contributed by atoms with van der Waals surface area (Å²) in [5.74, 6) is -3.87. The van der Waals surface area contributed by atoms with Crippen molar-refractivity contribution in [2.75, 3.05) is 5.75 Å². The van der Waals surface area contributed by atoms with Gasteiger partial charge in [0.1, 0.15) is 11.6 Å². The van der Waals surface area contributed by atoms with Gasteiger partial charge in [-0.25, -0.2) is 17.6 Å². The Morgan fingerprint density at radius 1 is 1.38 bits per heavy atom. The maximum absolute atomic E-state index is 13.7. The Hall–Kier alpha value is -1.96. The summed E-state index contributed by atoms with van der Waals surface area (Å²) in [6.45, 7) is 1.23. The second kappa shape index (κ2) is 5.44. The van der Waals surface area contributed by atoms with Gasteiger partial charge < -0.3 is 10.4 Å². The third-order valence-corrected chi connectivity index (χ3v) is 4.88. The lowest BCUT2D eigenvalue weighted by molar-refractivity contribution is -0.118. The molecule has 0 aliphatic heterocycles. The summed E-state index contributed by atoms with van der Waals surface area (Å²) in [4.78, 5) is 22.0. The molecule has 1 aliphatic carbocycles. The number of carbonyl (C=O) groups is 2. The van der Waals surface area contributed by atoms with Gasteiger partial charge in [0.15, 0.2) is 9.84 Å². The van der Waals surface area contributed by atoms with E-state index in [0.29, 0.717) is 0 Å². The molecule has 0 spiro atoms. The first-order chi connectivity index (χ1) is 9.70. The molecule has 0 atom stereocenters. The van der Waals surface area contributed by atoms with Crippen LogP contribution < -0.4 is 5.32 Å². The number of rotatable bonds is 5. The second-order valence-corrected chi connectivity index (χ2v) is 6.95. The molecule has 8 heteroatoms. The van der Waals surface area contributed by atoms with Gasteiger partial charge in [-0.1, -0.05) is 0 Å². The molecule has 1 aromatic rings. The third-order valence-electron chi connectivity index (χ3n) is 3.14. The average molecular weight is 315 g/mol. The summed E-state index contributed by atoms with van der Waals surface area (Å²) in [6.07, 6.45) is 1.63. The molecule has 0 radical (unpaired) electrons. The van der Waals surface area contributed by atoms with Gasteiger partial charge in [0.2, 0.25) is 5.91 Å². The van der Waals surface area contributed by atoms with E-state index in [4.69, 9.17) is 5.11 Å². The highest BCUT2D eigenvalue weighted by atomic mass is 32.2. The Kier molecular flexibility index (Phi) is 3.99. The molecule has 0 heterocycles. The Bertz CT molecular complexity index is 710. The summed E-state index contributed by atoms with van der Waals surface area (Å²) < 4.78 is 38.0. The molecular weight excluding hydrogens is 301 g/mol. The molecule has 6 nitrogen and oxygen atoms in total. The Balaban J connectivity index is 2.33. The van der Waals surface area contributed by atoms with Crippen molar-refractivity contribution in [3.8, 4) is 0 Å². The zero-order valence-corrected chi connectivity index (χ0v) is 12.0. The van der Waals surface area contributed by atoms with Crippen LogP contribution >= 0.6 is 0 Å². The number of carbonyl (C=O) groups excluding carboxylic acids is 1. The lowest BCUT2D eigenvalue weighted by Crippen LogP contribution is -2.32. The lowest BCUT2D eigenvalue weighted by atomic mass is 10.1. The van der Waals surface area contributed by atoms with Crippen molar-refractivity contribution < 1.29 is 27.5 Å². The smallest absolute Gasteiger partial charge is 0.335 e. The quantitative estimate of drug-likeness (QED) is 0.840. The van der Waals surface area contributed by atoms with Crippen molar-refractivity contribution >= 4 is 21.7 Å². The van der Waals surface area contributed by atoms with Crippen molar-refractivity contribution in [2.24, 2.45) is 0 Å². The van der Waals surface area contributed by atoms with Gasteiger partial charge in [-0.05, 0) is 31.9 Å². The number of sulfone groups is 1. The summed E-state index contributed by atoms with van der Waals surface area (Å²) in [5.41, 5.74) is -0.668. The maximum atomic E-state index is 13.7. The number of nitrogens with one attached hydrogen (secondary N) is 1. The molecule has 2 N–H and O–H groups in total. The van der Waals surface area contributed by atoms with Gasteiger partial charge in [0, 0.05) is 11.6 Å². The van der Waals surface area contributed by atoms with Crippen molar-refractivity contribution in [3.63, 3.8) is 0 Å². The highest BCUT2D eigenvalue weighted by Gasteiger charge is 2.28. The zero-order valence-electron chi connectivity index (χ0n) is 11.2. The number of carboxylic acids is 1. The van der Waals surface area contributed by atoms with Crippen molar-refractivity contribution in [1.82, 2.24) is 5.32 Å². The highest BCUT2D eigenvalue weighted by molar-refractivity contribution is 7.92. The molecule has 1 fully saturated rings. The average Bonchev–Trinajstić information content (AvgIpc) is 3.14. The topological polar surface area (TPSA) is 101 Å². The molecule has 1 saturated carbocycles. The van der Waals surface area contributed by atoms with Crippen LogP contribution in [0.3, 0.4) is 0 Å². The summed E-state index contributed by atoms with van der Waals surface area (Å²) in [6, 6.07) is 1.64. The van der Waals surface area contributed by atoms with Gasteiger partial charge in [0.25, 0.3) is 0 Å². The van der Waals surface area contributed by atoms with Crippen LogP contribution in [0.1, 0.15) is 28.8 Å². The van der Waals surface area contributed by atoms with Crippen LogP contribution in [0.5, 0.6) is 0 Å². The van der Waals surface area contributed by atoms with Gasteiger partial charge >= 0.3 is 5.97 Å². The molecule has 0 unspecified atom stereocenters. The standard InChI is InChI=1S/C13H14FNO5S/c1-7-10(14)4-8(13(17)18)5-11(7)21(19,20)6-12(16)15-9-2-3-9/h4-5,9H,2-3,6H2,1H3,(H,15,16)(H,17,18). The monoisotopic (exact) mass is 315 g/mol. The van der Waals surface area contributed by atoms with Crippen molar-refractivity contribution in [1.29, 1.82) is 0 Å². The number of carboxylic acid groups (broad SMARTS) is 1. The summed E-state index contributed by atoms with van der Waals surface area (Å²) in [7, 11) is -4.10. The number of halogens is 1. The number of hydrogen-bond donors (Lipinski definition) is 2. The summed E-state index contributed by atoms with van der Waals surface area (Å²) in [5, 5.41) is 11.4. The Morgan fingerprint density at radius 3 is 2.52 bits per heavy atom. The maximum Gasteiger partial charge on any atom is 0.335 e. The van der Waals surface area contributed by atoms with Crippen LogP contribution in [-0.4, -0.2) is 37.2 Å². The predicted molar refractivity (Wildman–Crippen MR) is 71.3 cm³/mol. The van der Waals surface area contributed by atoms with Gasteiger partial charge in [0.05, 0.1) is 10.5 Å². The molecule has 21 heavy (non-hydrogen) atoms. The van der Waals surface area contributed by atoms with E-state index in [2.05, 4.69) is 5.32 Å². The van der Waals surface area contributed by atoms with E-state index < -0.39 is 43.7 Å². The number of benzene rings is 1. The zero-order chi connectivity index (χ0) is 15.8. The number of amides is 1. The van der Waals surface area contributed by atoms with E-state index in [1.807, 2.05) is 0 Å². The molecule has 0 saturated heterocycles. The van der Waals surface area contributed by atoms with Crippen molar-refractivity contribution in [3.05, 3.63) is 29.1 Å². The van der Waals surface area contributed by atoms with Crippen LogP contribution in [0.4, 0.5) is 4.39 Å². The van der Waals surface area contributed by atoms with E-state index in [9.17, 15) is 22.4 Å². The molecule has 0 aromatic heterocycles. The molecule has 2 rings (SSSR count). The first-order valence-electron chi connectivity index (χ1n) is 6.26. The van der Waals surface area contributed by atoms with E-state index in [0.717, 1.165) is 25.0 Å². The minimum Gasteiger partial charge on any atom is -0.478 e. The van der Waals surface area contributed by atoms with Crippen LogP contribution in [-0.2, 0) is 14.6 Å². The minimum absolute atomic E-state index is 0.0101.